The third-order valence-corrected chi connectivity index (χ3v) is 7.31. The van der Waals surface area contributed by atoms with Gasteiger partial charge in [0.1, 0.15) is 30.7 Å². The lowest BCUT2D eigenvalue weighted by Gasteiger charge is -2.27. The number of ketones is 2. The lowest BCUT2D eigenvalue weighted by atomic mass is 9.99. The topological polar surface area (TPSA) is 71.9 Å². The van der Waals surface area contributed by atoms with Crippen LogP contribution in [-0.4, -0.2) is 83.9 Å². The molecule has 0 spiro atoms. The predicted octanol–water partition coefficient (Wildman–Crippen LogP) is 4.33. The van der Waals surface area contributed by atoms with Crippen LogP contribution in [0.5, 0.6) is 0 Å². The first-order valence-corrected chi connectivity index (χ1v) is 13.2. The summed E-state index contributed by atoms with van der Waals surface area (Å²) in [6, 6.07) is 10.6. The van der Waals surface area contributed by atoms with Crippen LogP contribution in [0.25, 0.3) is 10.9 Å². The predicted molar refractivity (Wildman–Crippen MR) is 145 cm³/mol. The number of carbonyl (C=O) groups is 3. The van der Waals surface area contributed by atoms with Crippen molar-refractivity contribution in [1.29, 1.82) is 0 Å². The molecule has 10 heteroatoms. The van der Waals surface area contributed by atoms with Crippen LogP contribution in [-0.2, 0) is 27.3 Å². The number of aryl methyl sites for hydroxylation is 1. The first-order valence-electron chi connectivity index (χ1n) is 12.8. The summed E-state index contributed by atoms with van der Waals surface area (Å²) in [5, 5.41) is 0.666. The molecule has 0 N–H and O–H groups in total. The Morgan fingerprint density at radius 1 is 1.13 bits per heavy atom. The number of rotatable bonds is 11. The van der Waals surface area contributed by atoms with Crippen molar-refractivity contribution in [2.24, 2.45) is 0 Å². The van der Waals surface area contributed by atoms with Crippen LogP contribution < -0.4 is 0 Å². The molecular formula is C29H32ClF2N3O4. The molecular weight excluding hydrogens is 528 g/mol. The van der Waals surface area contributed by atoms with E-state index in [0.29, 0.717) is 23.0 Å². The average Bonchev–Trinajstić information content (AvgIpc) is 3.42. The van der Waals surface area contributed by atoms with Gasteiger partial charge >= 0.3 is 0 Å². The highest BCUT2D eigenvalue weighted by molar-refractivity contribution is 6.30. The quantitative estimate of drug-likeness (QED) is 0.327. The molecule has 1 aliphatic heterocycles. The van der Waals surface area contributed by atoms with Gasteiger partial charge in [-0.25, -0.2) is 8.78 Å². The summed E-state index contributed by atoms with van der Waals surface area (Å²) in [6.45, 7) is 1.66. The number of carbonyl (C=O) groups excluding carboxylic acids is 3. The number of fused-ring (bicyclic) bond motifs is 1. The lowest BCUT2D eigenvalue weighted by molar-refractivity contribution is -0.141. The number of Topliss-reactive ketones (excluding diaryl/α,β-unsaturated/α-hetero) is 2. The SMILES string of the molecule is CC(=O)c1cn(CC(=O)N2C[C@H](F)[C@@H](OCCN(C)C)[C@H]2C(=O)CCc2cccc(Cl)c2F)c2ccccc12. The summed E-state index contributed by atoms with van der Waals surface area (Å²) < 4.78 is 37.2. The molecule has 1 fully saturated rings. The molecule has 4 rings (SSSR count). The fourth-order valence-electron chi connectivity index (χ4n) is 5.00. The number of likely N-dealkylation sites (tertiary alicyclic amines) is 1. The first kappa shape index (κ1) is 28.9. The zero-order chi connectivity index (χ0) is 28.3. The molecule has 1 saturated heterocycles. The van der Waals surface area contributed by atoms with E-state index in [-0.39, 0.29) is 48.9 Å². The van der Waals surface area contributed by atoms with E-state index in [2.05, 4.69) is 0 Å². The number of benzene rings is 2. The van der Waals surface area contributed by atoms with Crippen LogP contribution in [0.3, 0.4) is 0 Å². The van der Waals surface area contributed by atoms with Gasteiger partial charge in [0.05, 0.1) is 18.2 Å². The van der Waals surface area contributed by atoms with Gasteiger partial charge in [0.25, 0.3) is 0 Å². The summed E-state index contributed by atoms with van der Waals surface area (Å²) in [6.07, 6.45) is -1.16. The zero-order valence-corrected chi connectivity index (χ0v) is 23.0. The van der Waals surface area contributed by atoms with Crippen LogP contribution >= 0.6 is 11.6 Å². The molecule has 0 aliphatic carbocycles. The standard InChI is InChI=1S/C29H32ClF2N3O4/c1-18(36)21-15-34(24-10-5-4-8-20(21)24)17-26(38)35-16-23(31)29(39-14-13-33(2)3)28(35)25(37)12-11-19-7-6-9-22(30)27(19)32/h4-10,15,23,28-29H,11-14,16-17H2,1-3H3/t23-,28+,29+/m0/s1. The van der Waals surface area contributed by atoms with E-state index in [1.54, 1.807) is 41.1 Å². The summed E-state index contributed by atoms with van der Waals surface area (Å²) in [7, 11) is 3.69. The maximum Gasteiger partial charge on any atom is 0.243 e. The number of aromatic nitrogens is 1. The lowest BCUT2D eigenvalue weighted by Crippen LogP contribution is -2.47. The van der Waals surface area contributed by atoms with Crippen LogP contribution in [0.15, 0.2) is 48.7 Å². The second-order valence-electron chi connectivity index (χ2n) is 10.1. The van der Waals surface area contributed by atoms with Crippen molar-refractivity contribution in [2.75, 3.05) is 33.8 Å². The number of para-hydroxylation sites is 1. The summed E-state index contributed by atoms with van der Waals surface area (Å²) in [5.41, 5.74) is 1.43. The number of halogens is 3. The molecule has 0 radical (unpaired) electrons. The van der Waals surface area contributed by atoms with Crippen LogP contribution in [0.2, 0.25) is 5.02 Å². The van der Waals surface area contributed by atoms with Gasteiger partial charge in [-0.1, -0.05) is 41.9 Å². The number of ether oxygens (including phenoxy) is 1. The monoisotopic (exact) mass is 559 g/mol. The number of alkyl halides is 1. The minimum atomic E-state index is -1.57. The van der Waals surface area contributed by atoms with Crippen LogP contribution in [0, 0.1) is 5.82 Å². The number of likely N-dealkylation sites (N-methyl/N-ethyl adjacent to an activating group) is 1. The average molecular weight is 560 g/mol. The fraction of sp³-hybridized carbons (Fsp3) is 0.414. The minimum absolute atomic E-state index is 0.0461. The molecule has 3 atom stereocenters. The molecule has 2 aromatic carbocycles. The Hall–Kier alpha value is -3.14. The fourth-order valence-corrected chi connectivity index (χ4v) is 5.20. The smallest absolute Gasteiger partial charge is 0.243 e. The Bertz CT molecular complexity index is 1380. The molecule has 1 amide bonds. The van der Waals surface area contributed by atoms with Crippen LogP contribution in [0.1, 0.15) is 29.3 Å². The van der Waals surface area contributed by atoms with E-state index < -0.39 is 35.8 Å². The van der Waals surface area contributed by atoms with E-state index >= 15 is 4.39 Å². The maximum atomic E-state index is 15.3. The summed E-state index contributed by atoms with van der Waals surface area (Å²) >= 11 is 5.88. The second kappa shape index (κ2) is 12.4. The van der Waals surface area contributed by atoms with E-state index in [0.717, 1.165) is 0 Å². The van der Waals surface area contributed by atoms with E-state index in [1.807, 2.05) is 25.1 Å². The van der Waals surface area contributed by atoms with Gasteiger partial charge in [-0.15, -0.1) is 0 Å². The van der Waals surface area contributed by atoms with Gasteiger partial charge < -0.3 is 19.1 Å². The van der Waals surface area contributed by atoms with Gasteiger partial charge in [0.2, 0.25) is 5.91 Å². The molecule has 0 unspecified atom stereocenters. The van der Waals surface area contributed by atoms with Gasteiger partial charge in [-0.2, -0.15) is 0 Å². The number of nitrogens with zero attached hydrogens (tertiary/aromatic N) is 3. The van der Waals surface area contributed by atoms with E-state index in [4.69, 9.17) is 16.3 Å². The van der Waals surface area contributed by atoms with Crippen LogP contribution in [0.4, 0.5) is 8.78 Å². The molecule has 2 heterocycles. The second-order valence-corrected chi connectivity index (χ2v) is 10.5. The molecule has 7 nitrogen and oxygen atoms in total. The molecule has 208 valence electrons. The number of hydrogen-bond acceptors (Lipinski definition) is 5. The van der Waals surface area contributed by atoms with Crippen molar-refractivity contribution in [3.8, 4) is 0 Å². The molecule has 3 aromatic rings. The minimum Gasteiger partial charge on any atom is -0.371 e. The highest BCUT2D eigenvalue weighted by Crippen LogP contribution is 2.29. The number of amides is 1. The summed E-state index contributed by atoms with van der Waals surface area (Å²) in [5.74, 6) is -1.63. The Morgan fingerprint density at radius 3 is 2.59 bits per heavy atom. The van der Waals surface area contributed by atoms with Crippen molar-refractivity contribution in [3.05, 3.63) is 70.6 Å². The van der Waals surface area contributed by atoms with E-state index in [1.165, 1.54) is 17.9 Å². The third-order valence-electron chi connectivity index (χ3n) is 7.02. The maximum absolute atomic E-state index is 15.3. The first-order chi connectivity index (χ1) is 18.6. The Morgan fingerprint density at radius 2 is 1.87 bits per heavy atom. The van der Waals surface area contributed by atoms with E-state index in [9.17, 15) is 18.8 Å². The normalized spacial score (nSPS) is 19.3. The Kier molecular flexibility index (Phi) is 9.15. The zero-order valence-electron chi connectivity index (χ0n) is 22.2. The third kappa shape index (κ3) is 6.37. The molecule has 1 aliphatic rings. The molecule has 0 bridgehead atoms. The van der Waals surface area contributed by atoms with Crippen molar-refractivity contribution in [3.63, 3.8) is 0 Å². The van der Waals surface area contributed by atoms with Crippen molar-refractivity contribution < 1.29 is 27.9 Å². The molecule has 0 saturated carbocycles. The highest BCUT2D eigenvalue weighted by Gasteiger charge is 2.48. The summed E-state index contributed by atoms with van der Waals surface area (Å²) in [4.78, 5) is 42.3. The molecule has 39 heavy (non-hydrogen) atoms. The molecule has 1 aromatic heterocycles. The van der Waals surface area contributed by atoms with Gasteiger partial charge in [0.15, 0.2) is 11.6 Å². The number of hydrogen-bond donors (Lipinski definition) is 0. The van der Waals surface area contributed by atoms with Crippen molar-refractivity contribution in [2.45, 2.75) is 44.6 Å². The van der Waals surface area contributed by atoms with Gasteiger partial charge in [-0.3, -0.25) is 14.4 Å². The largest absolute Gasteiger partial charge is 0.371 e. The van der Waals surface area contributed by atoms with Gasteiger partial charge in [-0.05, 0) is 45.1 Å². The van der Waals surface area contributed by atoms with Crippen molar-refractivity contribution in [1.82, 2.24) is 14.4 Å². The Balaban J connectivity index is 1.58. The van der Waals surface area contributed by atoms with Crippen molar-refractivity contribution >= 4 is 40.0 Å². The van der Waals surface area contributed by atoms with Gasteiger partial charge in [0, 0.05) is 35.6 Å². The Labute approximate surface area is 231 Å². The highest BCUT2D eigenvalue weighted by atomic mass is 35.5.